The standard InChI is InChI=1S/C9H9N3OS/c1-12-8(13)7(11-9(12)14)5-6-3-2-4-10-6/h2-5,10H,1H3,(H,11,14)/b7-5+. The summed E-state index contributed by atoms with van der Waals surface area (Å²) in [5.41, 5.74) is 1.37. The molecule has 1 amide bonds. The highest BCUT2D eigenvalue weighted by molar-refractivity contribution is 7.80. The van der Waals surface area contributed by atoms with Crippen LogP contribution in [0.3, 0.4) is 0 Å². The zero-order chi connectivity index (χ0) is 10.1. The summed E-state index contributed by atoms with van der Waals surface area (Å²) < 4.78 is 0. The molecule has 2 N–H and O–H groups in total. The van der Waals surface area contributed by atoms with Gasteiger partial charge in [0, 0.05) is 18.9 Å². The summed E-state index contributed by atoms with van der Waals surface area (Å²) in [6, 6.07) is 3.75. The summed E-state index contributed by atoms with van der Waals surface area (Å²) in [6.07, 6.45) is 3.53. The Morgan fingerprint density at radius 1 is 1.57 bits per heavy atom. The molecule has 2 rings (SSSR count). The maximum Gasteiger partial charge on any atom is 0.276 e. The molecular formula is C9H9N3OS. The van der Waals surface area contributed by atoms with Crippen LogP contribution in [0.5, 0.6) is 0 Å². The quantitative estimate of drug-likeness (QED) is 0.526. The summed E-state index contributed by atoms with van der Waals surface area (Å²) in [6.45, 7) is 0. The van der Waals surface area contributed by atoms with E-state index in [0.717, 1.165) is 5.69 Å². The van der Waals surface area contributed by atoms with Gasteiger partial charge in [-0.05, 0) is 30.4 Å². The van der Waals surface area contributed by atoms with Crippen LogP contribution in [-0.2, 0) is 4.79 Å². The van der Waals surface area contributed by atoms with Crippen molar-refractivity contribution >= 4 is 29.3 Å². The number of carbonyl (C=O) groups excluding carboxylic acids is 1. The van der Waals surface area contributed by atoms with Crippen LogP contribution in [-0.4, -0.2) is 28.0 Å². The first-order valence-corrected chi connectivity index (χ1v) is 4.53. The second-order valence-electron chi connectivity index (χ2n) is 2.98. The Balaban J connectivity index is 2.29. The minimum atomic E-state index is -0.107. The number of amides is 1. The number of aromatic nitrogens is 1. The normalized spacial score (nSPS) is 19.2. The number of nitrogens with one attached hydrogen (secondary N) is 2. The fraction of sp³-hybridized carbons (Fsp3) is 0.111. The van der Waals surface area contributed by atoms with Gasteiger partial charge in [0.05, 0.1) is 0 Å². The summed E-state index contributed by atoms with van der Waals surface area (Å²) in [7, 11) is 1.65. The van der Waals surface area contributed by atoms with Gasteiger partial charge in [-0.1, -0.05) is 0 Å². The third kappa shape index (κ3) is 1.42. The molecule has 0 aromatic carbocycles. The molecule has 1 aliphatic heterocycles. The Kier molecular flexibility index (Phi) is 2.09. The molecule has 72 valence electrons. The van der Waals surface area contributed by atoms with Gasteiger partial charge in [0.15, 0.2) is 5.11 Å². The van der Waals surface area contributed by atoms with E-state index in [4.69, 9.17) is 12.2 Å². The van der Waals surface area contributed by atoms with E-state index in [9.17, 15) is 4.79 Å². The minimum absolute atomic E-state index is 0.107. The number of hydrogen-bond acceptors (Lipinski definition) is 2. The average molecular weight is 207 g/mol. The number of carbonyl (C=O) groups is 1. The van der Waals surface area contributed by atoms with E-state index in [-0.39, 0.29) is 5.91 Å². The number of H-pyrrole nitrogens is 1. The summed E-state index contributed by atoms with van der Waals surface area (Å²) in [5, 5.41) is 3.28. The van der Waals surface area contributed by atoms with E-state index in [0.29, 0.717) is 10.8 Å². The first-order valence-electron chi connectivity index (χ1n) is 4.12. The molecule has 1 aromatic rings. The van der Waals surface area contributed by atoms with E-state index in [1.807, 2.05) is 12.1 Å². The van der Waals surface area contributed by atoms with Crippen LogP contribution >= 0.6 is 12.2 Å². The molecule has 1 fully saturated rings. The number of likely N-dealkylation sites (N-methyl/N-ethyl adjacent to an activating group) is 1. The highest BCUT2D eigenvalue weighted by Gasteiger charge is 2.26. The molecule has 2 heterocycles. The summed E-state index contributed by atoms with van der Waals surface area (Å²) in [4.78, 5) is 15.9. The van der Waals surface area contributed by atoms with Crippen LogP contribution in [0.15, 0.2) is 24.0 Å². The molecule has 1 aromatic heterocycles. The zero-order valence-electron chi connectivity index (χ0n) is 7.57. The van der Waals surface area contributed by atoms with Crippen LogP contribution in [0, 0.1) is 0 Å². The van der Waals surface area contributed by atoms with Gasteiger partial charge in [0.25, 0.3) is 5.91 Å². The first-order chi connectivity index (χ1) is 6.68. The van der Waals surface area contributed by atoms with Crippen molar-refractivity contribution in [3.05, 3.63) is 29.7 Å². The third-order valence-electron chi connectivity index (χ3n) is 2.00. The lowest BCUT2D eigenvalue weighted by Crippen LogP contribution is -2.25. The Hall–Kier alpha value is -1.62. The van der Waals surface area contributed by atoms with Crippen molar-refractivity contribution in [2.45, 2.75) is 0 Å². The third-order valence-corrected chi connectivity index (χ3v) is 2.38. The average Bonchev–Trinajstić information content (AvgIpc) is 2.73. The van der Waals surface area contributed by atoms with Crippen molar-refractivity contribution in [1.29, 1.82) is 0 Å². The number of nitrogens with zero attached hydrogens (tertiary/aromatic N) is 1. The second-order valence-corrected chi connectivity index (χ2v) is 3.36. The largest absolute Gasteiger partial charge is 0.362 e. The maximum absolute atomic E-state index is 11.5. The molecule has 1 aliphatic rings. The van der Waals surface area contributed by atoms with Crippen LogP contribution in [0.25, 0.3) is 6.08 Å². The fourth-order valence-corrected chi connectivity index (χ4v) is 1.41. The summed E-state index contributed by atoms with van der Waals surface area (Å²) in [5.74, 6) is -0.107. The van der Waals surface area contributed by atoms with Crippen molar-refractivity contribution < 1.29 is 4.79 Å². The molecule has 1 saturated heterocycles. The Morgan fingerprint density at radius 2 is 2.36 bits per heavy atom. The maximum atomic E-state index is 11.5. The topological polar surface area (TPSA) is 48.1 Å². The molecule has 4 nitrogen and oxygen atoms in total. The van der Waals surface area contributed by atoms with E-state index < -0.39 is 0 Å². The predicted octanol–water partition coefficient (Wildman–Crippen LogP) is 0.702. The van der Waals surface area contributed by atoms with Gasteiger partial charge in [0.1, 0.15) is 5.70 Å². The molecule has 5 heteroatoms. The van der Waals surface area contributed by atoms with Crippen molar-refractivity contribution in [3.8, 4) is 0 Å². The highest BCUT2D eigenvalue weighted by Crippen LogP contribution is 2.10. The van der Waals surface area contributed by atoms with Crippen LogP contribution in [0.2, 0.25) is 0 Å². The number of aromatic amines is 1. The van der Waals surface area contributed by atoms with Gasteiger partial charge in [-0.2, -0.15) is 0 Å². The Morgan fingerprint density at radius 3 is 2.86 bits per heavy atom. The van der Waals surface area contributed by atoms with Crippen molar-refractivity contribution in [3.63, 3.8) is 0 Å². The smallest absolute Gasteiger partial charge is 0.276 e. The highest BCUT2D eigenvalue weighted by atomic mass is 32.1. The number of rotatable bonds is 1. The lowest BCUT2D eigenvalue weighted by Gasteiger charge is -2.02. The number of thiocarbonyl (C=S) groups is 1. The van der Waals surface area contributed by atoms with Gasteiger partial charge in [-0.25, -0.2) is 0 Å². The van der Waals surface area contributed by atoms with Crippen molar-refractivity contribution in [1.82, 2.24) is 15.2 Å². The predicted molar refractivity (Wildman–Crippen MR) is 57.3 cm³/mol. The van der Waals surface area contributed by atoms with E-state index in [2.05, 4.69) is 10.3 Å². The fourth-order valence-electron chi connectivity index (χ4n) is 1.21. The SMILES string of the molecule is CN1C(=O)/C(=C\c2ccc[nH]2)NC1=S. The second kappa shape index (κ2) is 3.26. The molecular weight excluding hydrogens is 198 g/mol. The lowest BCUT2D eigenvalue weighted by atomic mass is 10.3. The van der Waals surface area contributed by atoms with Crippen LogP contribution in [0.1, 0.15) is 5.69 Å². The van der Waals surface area contributed by atoms with Gasteiger partial charge in [0.2, 0.25) is 0 Å². The number of hydrogen-bond donors (Lipinski definition) is 2. The van der Waals surface area contributed by atoms with Gasteiger partial charge >= 0.3 is 0 Å². The zero-order valence-corrected chi connectivity index (χ0v) is 8.39. The molecule has 0 atom stereocenters. The summed E-state index contributed by atoms with van der Waals surface area (Å²) >= 11 is 4.93. The lowest BCUT2D eigenvalue weighted by molar-refractivity contribution is -0.121. The van der Waals surface area contributed by atoms with Crippen LogP contribution < -0.4 is 5.32 Å². The molecule has 0 spiro atoms. The van der Waals surface area contributed by atoms with E-state index in [1.54, 1.807) is 19.3 Å². The molecule has 0 unspecified atom stereocenters. The molecule has 0 bridgehead atoms. The minimum Gasteiger partial charge on any atom is -0.362 e. The Bertz CT molecular complexity index is 408. The van der Waals surface area contributed by atoms with Crippen molar-refractivity contribution in [2.75, 3.05) is 7.05 Å². The van der Waals surface area contributed by atoms with Crippen LogP contribution in [0.4, 0.5) is 0 Å². The van der Waals surface area contributed by atoms with E-state index >= 15 is 0 Å². The van der Waals surface area contributed by atoms with Gasteiger partial charge < -0.3 is 10.3 Å². The Labute approximate surface area is 86.6 Å². The van der Waals surface area contributed by atoms with Crippen molar-refractivity contribution in [2.24, 2.45) is 0 Å². The molecule has 0 radical (unpaired) electrons. The molecule has 0 aliphatic carbocycles. The van der Waals surface area contributed by atoms with Gasteiger partial charge in [-0.3, -0.25) is 9.69 Å². The monoisotopic (exact) mass is 207 g/mol. The molecule has 0 saturated carbocycles. The molecule has 14 heavy (non-hydrogen) atoms. The first kappa shape index (κ1) is 8.96. The van der Waals surface area contributed by atoms with E-state index in [1.165, 1.54) is 4.90 Å². The van der Waals surface area contributed by atoms with Gasteiger partial charge in [-0.15, -0.1) is 0 Å².